The Morgan fingerprint density at radius 2 is 1.64 bits per heavy atom. The van der Waals surface area contributed by atoms with Crippen LogP contribution < -0.4 is 23.7 Å². The van der Waals surface area contributed by atoms with E-state index in [2.05, 4.69) is 0 Å². The van der Waals surface area contributed by atoms with E-state index in [1.54, 1.807) is 45.6 Å². The lowest BCUT2D eigenvalue weighted by molar-refractivity contribution is 0.324. The van der Waals surface area contributed by atoms with E-state index in [0.717, 1.165) is 22.7 Å². The number of nitrogens with zero attached hydrogens (tertiary/aromatic N) is 3. The Hall–Kier alpha value is -3.98. The number of thiazole rings is 1. The summed E-state index contributed by atoms with van der Waals surface area (Å²) in [5.74, 6) is 3.06. The maximum Gasteiger partial charge on any atom is 0.211 e. The van der Waals surface area contributed by atoms with Crippen molar-refractivity contribution < 1.29 is 23.4 Å². The topological polar surface area (TPSA) is 79.7 Å². The molecule has 0 radical (unpaired) electrons. The van der Waals surface area contributed by atoms with Crippen LogP contribution in [0.25, 0.3) is 11.5 Å². The summed E-state index contributed by atoms with van der Waals surface area (Å²) < 4.78 is 28.9. The largest absolute Gasteiger partial charge is 0.497 e. The molecule has 8 nitrogen and oxygen atoms in total. The van der Waals surface area contributed by atoms with Crippen molar-refractivity contribution in [2.45, 2.75) is 0 Å². The van der Waals surface area contributed by atoms with Crippen LogP contribution >= 0.6 is 11.3 Å². The van der Waals surface area contributed by atoms with E-state index in [0.29, 0.717) is 27.8 Å². The van der Waals surface area contributed by atoms with Gasteiger partial charge in [-0.25, -0.2) is 9.67 Å². The summed E-state index contributed by atoms with van der Waals surface area (Å²) in [6, 6.07) is 14.9. The van der Waals surface area contributed by atoms with Gasteiger partial charge in [-0.1, -0.05) is 0 Å². The van der Waals surface area contributed by atoms with Gasteiger partial charge < -0.3 is 23.4 Å². The molecule has 0 atom stereocenters. The first kappa shape index (κ1) is 22.2. The van der Waals surface area contributed by atoms with Gasteiger partial charge in [-0.2, -0.15) is 5.10 Å². The van der Waals surface area contributed by atoms with Gasteiger partial charge in [-0.15, -0.1) is 11.3 Å². The molecule has 0 fully saturated rings. The second kappa shape index (κ2) is 10.1. The number of methoxy groups -OCH3 is 4. The van der Waals surface area contributed by atoms with Crippen LogP contribution in [-0.2, 0) is 0 Å². The van der Waals surface area contributed by atoms with Crippen LogP contribution in [0.5, 0.6) is 23.0 Å². The summed E-state index contributed by atoms with van der Waals surface area (Å²) in [5, 5.41) is 6.65. The lowest BCUT2D eigenvalue weighted by Crippen LogP contribution is -2.11. The Labute approximate surface area is 195 Å². The fourth-order valence-electron chi connectivity index (χ4n) is 3.15. The fourth-order valence-corrected chi connectivity index (χ4v) is 3.99. The lowest BCUT2D eigenvalue weighted by atomic mass is 10.2. The second-order valence-corrected chi connectivity index (χ2v) is 7.54. The Bertz CT molecular complexity index is 1280. The van der Waals surface area contributed by atoms with Crippen LogP contribution in [0.3, 0.4) is 0 Å². The molecular formula is C24H23N3O5S. The minimum absolute atomic E-state index is 0.520. The van der Waals surface area contributed by atoms with Crippen molar-refractivity contribution in [2.75, 3.05) is 28.4 Å². The van der Waals surface area contributed by atoms with Crippen molar-refractivity contribution in [1.29, 1.82) is 0 Å². The first-order valence-corrected chi connectivity index (χ1v) is 10.8. The SMILES string of the molecule is COc1ccc(N=c2scc(-c3ccco3)n2N=Cc2cc(OC)c(OC)c(OC)c2)cc1. The molecule has 0 aliphatic rings. The van der Waals surface area contributed by atoms with Crippen molar-refractivity contribution >= 4 is 23.2 Å². The Morgan fingerprint density at radius 1 is 0.909 bits per heavy atom. The van der Waals surface area contributed by atoms with E-state index in [-0.39, 0.29) is 0 Å². The Balaban J connectivity index is 1.80. The number of furan rings is 1. The molecule has 33 heavy (non-hydrogen) atoms. The van der Waals surface area contributed by atoms with Crippen LogP contribution in [-0.4, -0.2) is 39.3 Å². The monoisotopic (exact) mass is 465 g/mol. The summed E-state index contributed by atoms with van der Waals surface area (Å²) in [6.07, 6.45) is 3.33. The van der Waals surface area contributed by atoms with Gasteiger partial charge in [0.15, 0.2) is 17.3 Å². The minimum atomic E-state index is 0.520. The summed E-state index contributed by atoms with van der Waals surface area (Å²) in [7, 11) is 6.35. The van der Waals surface area contributed by atoms with Crippen molar-refractivity contribution in [2.24, 2.45) is 10.1 Å². The predicted octanol–water partition coefficient (Wildman–Crippen LogP) is 4.96. The van der Waals surface area contributed by atoms with Gasteiger partial charge in [0.25, 0.3) is 0 Å². The minimum Gasteiger partial charge on any atom is -0.497 e. The van der Waals surface area contributed by atoms with E-state index in [1.807, 2.05) is 53.9 Å². The standard InChI is InChI=1S/C24H23N3O5S/c1-28-18-9-7-17(8-10-18)26-24-27(19(15-33-24)20-6-5-11-32-20)25-14-16-12-21(29-2)23(31-4)22(13-16)30-3/h5-15H,1-4H3. The number of ether oxygens (including phenoxy) is 4. The van der Waals surface area contributed by atoms with Gasteiger partial charge in [-0.05, 0) is 48.5 Å². The molecule has 4 rings (SSSR count). The van der Waals surface area contributed by atoms with Gasteiger partial charge in [0.2, 0.25) is 10.6 Å². The average molecular weight is 466 g/mol. The third-order valence-electron chi connectivity index (χ3n) is 4.77. The van der Waals surface area contributed by atoms with Gasteiger partial charge in [0.05, 0.1) is 46.6 Å². The number of rotatable bonds is 8. The van der Waals surface area contributed by atoms with Crippen molar-refractivity contribution in [3.63, 3.8) is 0 Å². The van der Waals surface area contributed by atoms with E-state index in [9.17, 15) is 0 Å². The van der Waals surface area contributed by atoms with Crippen LogP contribution in [0, 0.1) is 0 Å². The first-order chi connectivity index (χ1) is 16.2. The molecule has 2 aromatic carbocycles. The normalized spacial score (nSPS) is 11.7. The van der Waals surface area contributed by atoms with Gasteiger partial charge >= 0.3 is 0 Å². The Kier molecular flexibility index (Phi) is 6.80. The van der Waals surface area contributed by atoms with E-state index in [4.69, 9.17) is 33.5 Å². The van der Waals surface area contributed by atoms with E-state index in [1.165, 1.54) is 11.3 Å². The van der Waals surface area contributed by atoms with Gasteiger partial charge in [0, 0.05) is 10.9 Å². The maximum absolute atomic E-state index is 5.61. The second-order valence-electron chi connectivity index (χ2n) is 6.71. The van der Waals surface area contributed by atoms with E-state index >= 15 is 0 Å². The highest BCUT2D eigenvalue weighted by atomic mass is 32.1. The molecule has 0 saturated heterocycles. The molecular weight excluding hydrogens is 442 g/mol. The molecule has 0 unspecified atom stereocenters. The molecule has 0 spiro atoms. The highest BCUT2D eigenvalue weighted by Gasteiger charge is 2.13. The summed E-state index contributed by atoms with van der Waals surface area (Å²) in [6.45, 7) is 0. The number of aromatic nitrogens is 1. The fraction of sp³-hybridized carbons (Fsp3) is 0.167. The third kappa shape index (κ3) is 4.78. The molecule has 0 saturated carbocycles. The zero-order chi connectivity index (χ0) is 23.2. The van der Waals surface area contributed by atoms with Crippen molar-refractivity contribution in [1.82, 2.24) is 4.68 Å². The number of benzene rings is 2. The molecule has 0 aliphatic heterocycles. The molecule has 2 heterocycles. The quantitative estimate of drug-likeness (QED) is 0.344. The highest BCUT2D eigenvalue weighted by Crippen LogP contribution is 2.37. The molecule has 2 aromatic heterocycles. The molecule has 0 bridgehead atoms. The number of hydrogen-bond acceptors (Lipinski definition) is 8. The third-order valence-corrected chi connectivity index (χ3v) is 5.58. The van der Waals surface area contributed by atoms with Gasteiger partial charge in [0.1, 0.15) is 11.4 Å². The zero-order valence-electron chi connectivity index (χ0n) is 18.6. The molecule has 9 heteroatoms. The highest BCUT2D eigenvalue weighted by molar-refractivity contribution is 7.07. The summed E-state index contributed by atoms with van der Waals surface area (Å²) >= 11 is 1.46. The van der Waals surface area contributed by atoms with Gasteiger partial charge in [-0.3, -0.25) is 0 Å². The average Bonchev–Trinajstić information content (AvgIpc) is 3.52. The van der Waals surface area contributed by atoms with Crippen LogP contribution in [0.2, 0.25) is 0 Å². The van der Waals surface area contributed by atoms with Crippen LogP contribution in [0.4, 0.5) is 5.69 Å². The first-order valence-electron chi connectivity index (χ1n) is 9.94. The Morgan fingerprint density at radius 3 is 2.21 bits per heavy atom. The maximum atomic E-state index is 5.61. The lowest BCUT2D eigenvalue weighted by Gasteiger charge is -2.12. The van der Waals surface area contributed by atoms with E-state index < -0.39 is 0 Å². The summed E-state index contributed by atoms with van der Waals surface area (Å²) in [4.78, 5) is 5.43. The van der Waals surface area contributed by atoms with Crippen molar-refractivity contribution in [3.8, 4) is 34.5 Å². The van der Waals surface area contributed by atoms with Crippen molar-refractivity contribution in [3.05, 3.63) is 70.5 Å². The van der Waals surface area contributed by atoms with Crippen LogP contribution in [0.1, 0.15) is 5.56 Å². The number of hydrogen-bond donors (Lipinski definition) is 0. The molecule has 170 valence electrons. The molecule has 4 aromatic rings. The smallest absolute Gasteiger partial charge is 0.211 e. The zero-order valence-corrected chi connectivity index (χ0v) is 19.5. The molecule has 0 N–H and O–H groups in total. The predicted molar refractivity (Wildman–Crippen MR) is 127 cm³/mol. The molecule has 0 aliphatic carbocycles. The van der Waals surface area contributed by atoms with Crippen LogP contribution in [0.15, 0.2) is 74.7 Å². The summed E-state index contributed by atoms with van der Waals surface area (Å²) in [5.41, 5.74) is 2.32. The molecule has 0 amide bonds.